The monoisotopic (exact) mass is 513 g/mol. The molecule has 0 unspecified atom stereocenters. The SMILES string of the molecule is CCc1nc2c(C)nsc2n1Cc1ccc(S(=O)(=O)Cc2ccc(-c3nnn[nH]3)cc2Cl)cc1. The van der Waals surface area contributed by atoms with Gasteiger partial charge in [0, 0.05) is 17.0 Å². The van der Waals surface area contributed by atoms with Crippen molar-refractivity contribution in [1.82, 2.24) is 34.5 Å². The molecule has 34 heavy (non-hydrogen) atoms. The number of H-pyrrole nitrogens is 1. The van der Waals surface area contributed by atoms with E-state index in [0.29, 0.717) is 28.5 Å². The molecule has 0 saturated heterocycles. The van der Waals surface area contributed by atoms with Gasteiger partial charge in [-0.2, -0.15) is 4.37 Å². The quantitative estimate of drug-likeness (QED) is 0.346. The molecule has 0 aliphatic rings. The van der Waals surface area contributed by atoms with Crippen LogP contribution < -0.4 is 0 Å². The van der Waals surface area contributed by atoms with E-state index >= 15 is 0 Å². The maximum absolute atomic E-state index is 13.1. The van der Waals surface area contributed by atoms with E-state index in [2.05, 4.69) is 36.5 Å². The van der Waals surface area contributed by atoms with Crippen LogP contribution in [0.15, 0.2) is 47.4 Å². The highest BCUT2D eigenvalue weighted by Gasteiger charge is 2.19. The number of rotatable bonds is 7. The molecule has 0 aliphatic carbocycles. The Morgan fingerprint density at radius 2 is 1.94 bits per heavy atom. The zero-order chi connectivity index (χ0) is 23.9. The molecule has 3 aromatic heterocycles. The molecule has 3 heterocycles. The number of aromatic amines is 1. The summed E-state index contributed by atoms with van der Waals surface area (Å²) in [7, 11) is -3.59. The Balaban J connectivity index is 1.36. The van der Waals surface area contributed by atoms with Crippen molar-refractivity contribution in [1.29, 1.82) is 0 Å². The Morgan fingerprint density at radius 1 is 1.15 bits per heavy atom. The van der Waals surface area contributed by atoms with Gasteiger partial charge in [-0.05, 0) is 58.2 Å². The number of fused-ring (bicyclic) bond motifs is 1. The molecule has 174 valence electrons. The van der Waals surface area contributed by atoms with Crippen LogP contribution >= 0.6 is 23.1 Å². The van der Waals surface area contributed by atoms with Gasteiger partial charge >= 0.3 is 0 Å². The summed E-state index contributed by atoms with van der Waals surface area (Å²) in [5.41, 5.74) is 4.04. The second-order valence-corrected chi connectivity index (χ2v) is 11.0. The highest BCUT2D eigenvalue weighted by Crippen LogP contribution is 2.28. The minimum atomic E-state index is -3.59. The lowest BCUT2D eigenvalue weighted by Gasteiger charge is -2.10. The first-order valence-electron chi connectivity index (χ1n) is 10.5. The summed E-state index contributed by atoms with van der Waals surface area (Å²) in [5, 5.41) is 13.9. The zero-order valence-electron chi connectivity index (χ0n) is 18.4. The van der Waals surface area contributed by atoms with E-state index in [1.807, 2.05) is 19.1 Å². The summed E-state index contributed by atoms with van der Waals surface area (Å²) >= 11 is 7.80. The number of hydrogen-bond acceptors (Lipinski definition) is 8. The Labute approximate surface area is 204 Å². The first kappa shape index (κ1) is 22.6. The van der Waals surface area contributed by atoms with Crippen molar-refractivity contribution in [2.75, 3.05) is 0 Å². The number of nitrogens with zero attached hydrogens (tertiary/aromatic N) is 6. The fourth-order valence-corrected chi connectivity index (χ4v) is 6.33. The number of nitrogens with one attached hydrogen (secondary N) is 1. The molecule has 0 amide bonds. The van der Waals surface area contributed by atoms with Gasteiger partial charge in [-0.25, -0.2) is 18.5 Å². The fraction of sp³-hybridized carbons (Fsp3) is 0.227. The van der Waals surface area contributed by atoms with Gasteiger partial charge in [-0.3, -0.25) is 0 Å². The third-order valence-electron chi connectivity index (χ3n) is 5.57. The van der Waals surface area contributed by atoms with Gasteiger partial charge < -0.3 is 4.57 Å². The molecular formula is C22H20ClN7O2S2. The van der Waals surface area contributed by atoms with Crippen LogP contribution in [0.4, 0.5) is 0 Å². The average molecular weight is 514 g/mol. The summed E-state index contributed by atoms with van der Waals surface area (Å²) in [5.74, 6) is 1.24. The molecule has 1 N–H and O–H groups in total. The molecule has 5 aromatic rings. The summed E-state index contributed by atoms with van der Waals surface area (Å²) in [4.78, 5) is 5.99. The smallest absolute Gasteiger partial charge is 0.182 e. The Kier molecular flexibility index (Phi) is 5.92. The molecular weight excluding hydrogens is 494 g/mol. The van der Waals surface area contributed by atoms with Crippen molar-refractivity contribution in [2.24, 2.45) is 0 Å². The van der Waals surface area contributed by atoms with Gasteiger partial charge in [0.2, 0.25) is 0 Å². The summed E-state index contributed by atoms with van der Waals surface area (Å²) in [6, 6.07) is 12.0. The van der Waals surface area contributed by atoms with E-state index in [4.69, 9.17) is 16.6 Å². The number of aryl methyl sites for hydroxylation is 2. The van der Waals surface area contributed by atoms with Crippen molar-refractivity contribution in [3.63, 3.8) is 0 Å². The van der Waals surface area contributed by atoms with E-state index < -0.39 is 9.84 Å². The minimum absolute atomic E-state index is 0.206. The van der Waals surface area contributed by atoms with Crippen LogP contribution in [-0.4, -0.2) is 43.0 Å². The molecule has 2 aromatic carbocycles. The molecule has 0 saturated carbocycles. The molecule has 0 fully saturated rings. The number of sulfone groups is 1. The Bertz CT molecular complexity index is 1570. The lowest BCUT2D eigenvalue weighted by atomic mass is 10.1. The summed E-state index contributed by atoms with van der Waals surface area (Å²) < 4.78 is 32.7. The zero-order valence-corrected chi connectivity index (χ0v) is 20.7. The van der Waals surface area contributed by atoms with Gasteiger partial charge in [0.15, 0.2) is 15.7 Å². The first-order chi connectivity index (χ1) is 16.4. The number of aromatic nitrogens is 7. The standard InChI is InChI=1S/C22H20ClN7O2S2/c1-3-19-24-20-13(2)27-33-22(20)30(19)11-14-4-8-17(9-5-14)34(31,32)12-16-7-6-15(10-18(16)23)21-25-28-29-26-21/h4-10H,3,11-12H2,1-2H3,(H,25,26,28,29). The van der Waals surface area contributed by atoms with Crippen LogP contribution in [0.25, 0.3) is 21.7 Å². The number of imidazole rings is 1. The molecule has 0 aliphatic heterocycles. The largest absolute Gasteiger partial charge is 0.314 e. The van der Waals surface area contributed by atoms with E-state index in [1.165, 1.54) is 11.5 Å². The molecule has 5 rings (SSSR count). The molecule has 12 heteroatoms. The summed E-state index contributed by atoms with van der Waals surface area (Å²) in [6.45, 7) is 4.63. The van der Waals surface area contributed by atoms with Gasteiger partial charge in [0.1, 0.15) is 16.2 Å². The predicted molar refractivity (Wildman–Crippen MR) is 131 cm³/mol. The highest BCUT2D eigenvalue weighted by atomic mass is 35.5. The van der Waals surface area contributed by atoms with Gasteiger partial charge in [0.05, 0.1) is 22.9 Å². The lowest BCUT2D eigenvalue weighted by molar-refractivity contribution is 0.595. The third kappa shape index (κ3) is 4.22. The van der Waals surface area contributed by atoms with Crippen LogP contribution in [-0.2, 0) is 28.6 Å². The van der Waals surface area contributed by atoms with Crippen LogP contribution in [0.3, 0.4) is 0 Å². The molecule has 0 bridgehead atoms. The average Bonchev–Trinajstić information content (AvgIpc) is 3.55. The van der Waals surface area contributed by atoms with Crippen molar-refractivity contribution < 1.29 is 8.42 Å². The first-order valence-corrected chi connectivity index (χ1v) is 13.3. The fourth-order valence-electron chi connectivity index (χ4n) is 3.76. The Morgan fingerprint density at radius 3 is 2.62 bits per heavy atom. The molecule has 0 radical (unpaired) electrons. The van der Waals surface area contributed by atoms with E-state index in [1.54, 1.807) is 30.3 Å². The molecule has 9 nitrogen and oxygen atoms in total. The Hall–Kier alpha value is -3.15. The highest BCUT2D eigenvalue weighted by molar-refractivity contribution is 7.90. The van der Waals surface area contributed by atoms with Gasteiger partial charge in [-0.15, -0.1) is 5.10 Å². The predicted octanol–water partition coefficient (Wildman–Crippen LogP) is 4.22. The maximum Gasteiger partial charge on any atom is 0.182 e. The second-order valence-electron chi connectivity index (χ2n) is 7.85. The van der Waals surface area contributed by atoms with Crippen LogP contribution in [0.2, 0.25) is 5.02 Å². The van der Waals surface area contributed by atoms with E-state index in [0.717, 1.165) is 33.8 Å². The molecule has 0 atom stereocenters. The number of hydrogen-bond donors (Lipinski definition) is 1. The van der Waals surface area contributed by atoms with Gasteiger partial charge in [0.25, 0.3) is 0 Å². The van der Waals surface area contributed by atoms with Crippen LogP contribution in [0, 0.1) is 6.92 Å². The number of halogens is 1. The van der Waals surface area contributed by atoms with Crippen LogP contribution in [0.1, 0.15) is 29.6 Å². The normalized spacial score (nSPS) is 12.0. The van der Waals surface area contributed by atoms with E-state index in [9.17, 15) is 8.42 Å². The van der Waals surface area contributed by atoms with Crippen molar-refractivity contribution in [3.8, 4) is 11.4 Å². The third-order valence-corrected chi connectivity index (χ3v) is 8.55. The summed E-state index contributed by atoms with van der Waals surface area (Å²) in [6.07, 6.45) is 0.805. The van der Waals surface area contributed by atoms with Crippen LogP contribution in [0.5, 0.6) is 0 Å². The van der Waals surface area contributed by atoms with Crippen molar-refractivity contribution in [2.45, 2.75) is 37.5 Å². The topological polar surface area (TPSA) is 119 Å². The number of tetrazole rings is 1. The minimum Gasteiger partial charge on any atom is -0.314 e. The lowest BCUT2D eigenvalue weighted by Crippen LogP contribution is -2.07. The second kappa shape index (κ2) is 8.90. The van der Waals surface area contributed by atoms with Crippen molar-refractivity contribution in [3.05, 3.63) is 70.1 Å². The van der Waals surface area contributed by atoms with E-state index in [-0.39, 0.29) is 10.6 Å². The van der Waals surface area contributed by atoms with Crippen molar-refractivity contribution >= 4 is 43.3 Å². The molecule has 0 spiro atoms. The maximum atomic E-state index is 13.1. The van der Waals surface area contributed by atoms with Gasteiger partial charge in [-0.1, -0.05) is 42.8 Å². The number of benzene rings is 2.